The number of ether oxygens (including phenoxy) is 2. The Hall–Kier alpha value is -0.120. The summed E-state index contributed by atoms with van der Waals surface area (Å²) in [5.74, 6) is -0.425. The van der Waals surface area contributed by atoms with Crippen LogP contribution in [0.5, 0.6) is 0 Å². The maximum absolute atomic E-state index is 5.21. The van der Waals surface area contributed by atoms with Crippen LogP contribution >= 0.6 is 0 Å². The first-order chi connectivity index (χ1) is 4.83. The molecule has 1 saturated heterocycles. The number of nitrogens with one attached hydrogen (secondary N) is 1. The highest BCUT2D eigenvalue weighted by atomic mass is 16.7. The first-order valence-electron chi connectivity index (χ1n) is 3.48. The minimum absolute atomic E-state index is 0.425. The summed E-state index contributed by atoms with van der Waals surface area (Å²) in [4.78, 5) is 0. The summed E-state index contributed by atoms with van der Waals surface area (Å²) in [5.41, 5.74) is 0. The lowest BCUT2D eigenvalue weighted by molar-refractivity contribution is -0.190. The van der Waals surface area contributed by atoms with Gasteiger partial charge in [0.2, 0.25) is 0 Å². The number of rotatable bonds is 2. The molecule has 1 heterocycles. The molecule has 0 aliphatic carbocycles. The fourth-order valence-electron chi connectivity index (χ4n) is 1.15. The van der Waals surface area contributed by atoms with Crippen LogP contribution in [0.25, 0.3) is 0 Å². The smallest absolute Gasteiger partial charge is 0.173 e. The average Bonchev–Trinajstić information content (AvgIpc) is 2.06. The Morgan fingerprint density at radius 1 is 1.40 bits per heavy atom. The molecule has 0 saturated carbocycles. The molecule has 0 spiro atoms. The van der Waals surface area contributed by atoms with Crippen LogP contribution in [0.3, 0.4) is 0 Å². The molecule has 1 aliphatic heterocycles. The van der Waals surface area contributed by atoms with E-state index in [0.717, 1.165) is 19.5 Å². The van der Waals surface area contributed by atoms with Gasteiger partial charge in [-0.1, -0.05) is 0 Å². The Morgan fingerprint density at radius 2 is 2.10 bits per heavy atom. The van der Waals surface area contributed by atoms with E-state index in [1.165, 1.54) is 0 Å². The summed E-state index contributed by atoms with van der Waals surface area (Å²) in [6.07, 6.45) is 2.90. The molecule has 1 aliphatic rings. The van der Waals surface area contributed by atoms with Gasteiger partial charge in [-0.15, -0.1) is 0 Å². The highest BCUT2D eigenvalue weighted by molar-refractivity contribution is 4.92. The molecule has 0 aromatic heterocycles. The zero-order valence-electron chi connectivity index (χ0n) is 6.52. The van der Waals surface area contributed by atoms with E-state index < -0.39 is 5.79 Å². The van der Waals surface area contributed by atoms with Gasteiger partial charge in [-0.05, 0) is 0 Å². The van der Waals surface area contributed by atoms with Crippen molar-refractivity contribution in [3.8, 4) is 0 Å². The van der Waals surface area contributed by atoms with Crippen LogP contribution in [0.2, 0.25) is 0 Å². The normalized spacial score (nSPS) is 24.6. The van der Waals surface area contributed by atoms with E-state index in [1.807, 2.05) is 6.42 Å². The van der Waals surface area contributed by atoms with Crippen LogP contribution in [0.4, 0.5) is 0 Å². The molecule has 3 nitrogen and oxygen atoms in total. The Bertz CT molecular complexity index is 93.8. The third kappa shape index (κ3) is 1.48. The van der Waals surface area contributed by atoms with Gasteiger partial charge in [-0.3, -0.25) is 0 Å². The SMILES string of the molecule is COC1(OC)[CH]CNCC1. The van der Waals surface area contributed by atoms with Gasteiger partial charge in [-0.25, -0.2) is 0 Å². The highest BCUT2D eigenvalue weighted by Crippen LogP contribution is 2.21. The summed E-state index contributed by atoms with van der Waals surface area (Å²) in [7, 11) is 3.34. The van der Waals surface area contributed by atoms with Crippen LogP contribution in [0.15, 0.2) is 0 Å². The molecule has 1 fully saturated rings. The Balaban J connectivity index is 2.44. The summed E-state index contributed by atoms with van der Waals surface area (Å²) in [6.45, 7) is 1.82. The standard InChI is InChI=1S/C7H14NO2/c1-9-7(10-2)3-5-8-6-4-7/h3,8H,4-6H2,1-2H3. The predicted molar refractivity (Wildman–Crippen MR) is 38.5 cm³/mol. The quantitative estimate of drug-likeness (QED) is 0.560. The topological polar surface area (TPSA) is 30.5 Å². The first kappa shape index (κ1) is 7.98. The minimum Gasteiger partial charge on any atom is -0.353 e. The van der Waals surface area contributed by atoms with Gasteiger partial charge in [0.05, 0.1) is 0 Å². The number of hydrogen-bond donors (Lipinski definition) is 1. The van der Waals surface area contributed by atoms with Crippen molar-refractivity contribution in [2.24, 2.45) is 0 Å². The van der Waals surface area contributed by atoms with Crippen molar-refractivity contribution < 1.29 is 9.47 Å². The number of hydrogen-bond acceptors (Lipinski definition) is 3. The third-order valence-electron chi connectivity index (χ3n) is 1.90. The molecule has 1 radical (unpaired) electrons. The van der Waals surface area contributed by atoms with Gasteiger partial charge < -0.3 is 14.8 Å². The van der Waals surface area contributed by atoms with Gasteiger partial charge in [0, 0.05) is 40.2 Å². The second-order valence-electron chi connectivity index (χ2n) is 2.38. The van der Waals surface area contributed by atoms with Crippen molar-refractivity contribution in [2.75, 3.05) is 27.3 Å². The van der Waals surface area contributed by atoms with E-state index in [4.69, 9.17) is 9.47 Å². The van der Waals surface area contributed by atoms with Crippen LogP contribution < -0.4 is 5.32 Å². The van der Waals surface area contributed by atoms with Crippen molar-refractivity contribution in [3.63, 3.8) is 0 Å². The minimum atomic E-state index is -0.425. The highest BCUT2D eigenvalue weighted by Gasteiger charge is 2.31. The molecule has 3 heteroatoms. The Kier molecular flexibility index (Phi) is 2.65. The lowest BCUT2D eigenvalue weighted by Gasteiger charge is -2.34. The van der Waals surface area contributed by atoms with E-state index >= 15 is 0 Å². The maximum Gasteiger partial charge on any atom is 0.173 e. The molecule has 0 atom stereocenters. The molecule has 0 bridgehead atoms. The van der Waals surface area contributed by atoms with Gasteiger partial charge in [0.25, 0.3) is 0 Å². The summed E-state index contributed by atoms with van der Waals surface area (Å²) in [6, 6.07) is 0. The fraction of sp³-hybridized carbons (Fsp3) is 0.857. The second-order valence-corrected chi connectivity index (χ2v) is 2.38. The molecule has 0 aromatic rings. The Labute approximate surface area is 61.7 Å². The molecule has 10 heavy (non-hydrogen) atoms. The van der Waals surface area contributed by atoms with Gasteiger partial charge >= 0.3 is 0 Å². The second kappa shape index (κ2) is 3.32. The molecule has 1 N–H and O–H groups in total. The van der Waals surface area contributed by atoms with E-state index in [2.05, 4.69) is 5.32 Å². The first-order valence-corrected chi connectivity index (χ1v) is 3.48. The zero-order chi connectivity index (χ0) is 7.45. The lowest BCUT2D eigenvalue weighted by Crippen LogP contribution is -2.45. The molecule has 59 valence electrons. The largest absolute Gasteiger partial charge is 0.353 e. The fourth-order valence-corrected chi connectivity index (χ4v) is 1.15. The van der Waals surface area contributed by atoms with E-state index in [0.29, 0.717) is 0 Å². The molecule has 0 aromatic carbocycles. The zero-order valence-corrected chi connectivity index (χ0v) is 6.52. The monoisotopic (exact) mass is 144 g/mol. The molecular formula is C7H14NO2. The van der Waals surface area contributed by atoms with E-state index in [-0.39, 0.29) is 0 Å². The van der Waals surface area contributed by atoms with Gasteiger partial charge in [0.1, 0.15) is 0 Å². The lowest BCUT2D eigenvalue weighted by atomic mass is 10.1. The van der Waals surface area contributed by atoms with Crippen LogP contribution in [0, 0.1) is 6.42 Å². The molecule has 0 amide bonds. The van der Waals surface area contributed by atoms with Crippen LogP contribution in [0.1, 0.15) is 6.42 Å². The van der Waals surface area contributed by atoms with E-state index in [9.17, 15) is 0 Å². The van der Waals surface area contributed by atoms with Crippen LogP contribution in [-0.2, 0) is 9.47 Å². The third-order valence-corrected chi connectivity index (χ3v) is 1.90. The van der Waals surface area contributed by atoms with Crippen molar-refractivity contribution in [3.05, 3.63) is 6.42 Å². The van der Waals surface area contributed by atoms with Crippen molar-refractivity contribution in [2.45, 2.75) is 12.2 Å². The maximum atomic E-state index is 5.21. The summed E-state index contributed by atoms with van der Waals surface area (Å²) in [5, 5.41) is 3.19. The van der Waals surface area contributed by atoms with Crippen molar-refractivity contribution in [1.29, 1.82) is 0 Å². The molecule has 1 rings (SSSR count). The molecule has 0 unspecified atom stereocenters. The Morgan fingerprint density at radius 3 is 2.40 bits per heavy atom. The van der Waals surface area contributed by atoms with Crippen LogP contribution in [-0.4, -0.2) is 33.1 Å². The number of piperidine rings is 1. The van der Waals surface area contributed by atoms with Gasteiger partial charge in [0.15, 0.2) is 5.79 Å². The number of methoxy groups -OCH3 is 2. The van der Waals surface area contributed by atoms with Crippen molar-refractivity contribution in [1.82, 2.24) is 5.32 Å². The van der Waals surface area contributed by atoms with E-state index in [1.54, 1.807) is 14.2 Å². The molecular weight excluding hydrogens is 130 g/mol. The van der Waals surface area contributed by atoms with Gasteiger partial charge in [-0.2, -0.15) is 0 Å². The van der Waals surface area contributed by atoms with Crippen molar-refractivity contribution >= 4 is 0 Å². The summed E-state index contributed by atoms with van der Waals surface area (Å²) < 4.78 is 10.4. The average molecular weight is 144 g/mol. The predicted octanol–water partition coefficient (Wildman–Crippen LogP) is 0.173. The summed E-state index contributed by atoms with van der Waals surface area (Å²) >= 11 is 0.